The van der Waals surface area contributed by atoms with Gasteiger partial charge in [-0.3, -0.25) is 9.59 Å². The summed E-state index contributed by atoms with van der Waals surface area (Å²) in [5.41, 5.74) is 2.44. The molecule has 0 radical (unpaired) electrons. The molecule has 29 heavy (non-hydrogen) atoms. The molecule has 0 aliphatic heterocycles. The Hall–Kier alpha value is -3.12. The molecule has 1 aliphatic carbocycles. The molecule has 2 N–H and O–H groups in total. The molecule has 1 saturated carbocycles. The van der Waals surface area contributed by atoms with E-state index in [2.05, 4.69) is 10.6 Å². The smallest absolute Gasteiger partial charge is 0.251 e. The van der Waals surface area contributed by atoms with Crippen LogP contribution >= 0.6 is 0 Å². The number of benzene rings is 2. The van der Waals surface area contributed by atoms with Crippen molar-refractivity contribution in [3.63, 3.8) is 0 Å². The summed E-state index contributed by atoms with van der Waals surface area (Å²) < 4.78 is 10.5. The Morgan fingerprint density at radius 2 is 1.90 bits per heavy atom. The summed E-state index contributed by atoms with van der Waals surface area (Å²) in [4.78, 5) is 24.1. The van der Waals surface area contributed by atoms with E-state index >= 15 is 0 Å². The average Bonchev–Trinajstić information content (AvgIpc) is 3.55. The standard InChI is InChI=1S/C23H26N2O4/c1-28-13-14-29-21-4-2-3-18(15-21)16-24-22(26)12-7-17-5-8-19(9-6-17)23(27)25-20-10-11-20/h2-9,12,15,20H,10-11,13-14,16H2,1H3,(H,24,26)(H,25,27). The van der Waals surface area contributed by atoms with Gasteiger partial charge in [-0.15, -0.1) is 0 Å². The van der Waals surface area contributed by atoms with Crippen LogP contribution in [0.25, 0.3) is 6.08 Å². The van der Waals surface area contributed by atoms with Gasteiger partial charge in [0.2, 0.25) is 5.91 Å². The highest BCUT2D eigenvalue weighted by molar-refractivity contribution is 5.95. The van der Waals surface area contributed by atoms with Crippen molar-refractivity contribution < 1.29 is 19.1 Å². The van der Waals surface area contributed by atoms with Crippen LogP contribution in [0.15, 0.2) is 54.6 Å². The molecule has 0 aromatic heterocycles. The molecule has 0 atom stereocenters. The Bertz CT molecular complexity index is 857. The van der Waals surface area contributed by atoms with Crippen LogP contribution in [0.2, 0.25) is 0 Å². The second kappa shape index (κ2) is 10.4. The fraction of sp³-hybridized carbons (Fsp3) is 0.304. The van der Waals surface area contributed by atoms with Gasteiger partial charge in [-0.25, -0.2) is 0 Å². The number of methoxy groups -OCH3 is 1. The lowest BCUT2D eigenvalue weighted by Crippen LogP contribution is -2.25. The molecule has 0 spiro atoms. The Balaban J connectivity index is 1.45. The lowest BCUT2D eigenvalue weighted by Gasteiger charge is -2.08. The molecule has 0 bridgehead atoms. The number of amides is 2. The number of hydrogen-bond acceptors (Lipinski definition) is 4. The van der Waals surface area contributed by atoms with E-state index in [0.29, 0.717) is 31.4 Å². The van der Waals surface area contributed by atoms with Crippen molar-refractivity contribution in [1.82, 2.24) is 10.6 Å². The van der Waals surface area contributed by atoms with Crippen molar-refractivity contribution in [3.8, 4) is 5.75 Å². The number of carbonyl (C=O) groups excluding carboxylic acids is 2. The maximum atomic E-state index is 12.1. The first kappa shape index (κ1) is 20.6. The summed E-state index contributed by atoms with van der Waals surface area (Å²) in [6.07, 6.45) is 5.33. The zero-order valence-electron chi connectivity index (χ0n) is 16.5. The van der Waals surface area contributed by atoms with Crippen molar-refractivity contribution in [2.75, 3.05) is 20.3 Å². The molecule has 152 valence electrons. The lowest BCUT2D eigenvalue weighted by atomic mass is 10.1. The summed E-state index contributed by atoms with van der Waals surface area (Å²) >= 11 is 0. The minimum absolute atomic E-state index is 0.0470. The maximum Gasteiger partial charge on any atom is 0.251 e. The summed E-state index contributed by atoms with van der Waals surface area (Å²) in [5.74, 6) is 0.510. The predicted octanol–water partition coefficient (Wildman–Crippen LogP) is 2.93. The van der Waals surface area contributed by atoms with Gasteiger partial charge in [-0.1, -0.05) is 24.3 Å². The largest absolute Gasteiger partial charge is 0.491 e. The van der Waals surface area contributed by atoms with Crippen LogP contribution in [0.5, 0.6) is 5.75 Å². The molecule has 2 aromatic rings. The normalized spacial score (nSPS) is 13.3. The van der Waals surface area contributed by atoms with Crippen LogP contribution in [-0.4, -0.2) is 38.2 Å². The molecule has 1 aliphatic rings. The molecule has 0 saturated heterocycles. The number of rotatable bonds is 10. The van der Waals surface area contributed by atoms with E-state index in [0.717, 1.165) is 29.7 Å². The maximum absolute atomic E-state index is 12.1. The minimum atomic E-state index is -0.189. The van der Waals surface area contributed by atoms with Crippen molar-refractivity contribution in [2.45, 2.75) is 25.4 Å². The van der Waals surface area contributed by atoms with E-state index in [1.807, 2.05) is 36.4 Å². The van der Waals surface area contributed by atoms with E-state index in [9.17, 15) is 9.59 Å². The van der Waals surface area contributed by atoms with E-state index < -0.39 is 0 Å². The summed E-state index contributed by atoms with van der Waals surface area (Å²) in [7, 11) is 1.63. The second-order valence-corrected chi connectivity index (χ2v) is 6.91. The van der Waals surface area contributed by atoms with Gasteiger partial charge in [0.25, 0.3) is 5.91 Å². The molecule has 2 amide bonds. The molecule has 3 rings (SSSR count). The van der Waals surface area contributed by atoms with Gasteiger partial charge in [-0.05, 0) is 54.3 Å². The molecular formula is C23H26N2O4. The Morgan fingerprint density at radius 1 is 1.10 bits per heavy atom. The van der Waals surface area contributed by atoms with Gasteiger partial charge in [0.05, 0.1) is 6.61 Å². The number of ether oxygens (including phenoxy) is 2. The molecule has 6 nitrogen and oxygen atoms in total. The Kier molecular flexibility index (Phi) is 7.41. The highest BCUT2D eigenvalue weighted by atomic mass is 16.5. The summed E-state index contributed by atoms with van der Waals surface area (Å²) in [5, 5.41) is 5.81. The summed E-state index contributed by atoms with van der Waals surface area (Å²) in [6.45, 7) is 1.42. The molecule has 0 unspecified atom stereocenters. The minimum Gasteiger partial charge on any atom is -0.491 e. The SMILES string of the molecule is COCCOc1cccc(CNC(=O)C=Cc2ccc(C(=O)NC3CC3)cc2)c1. The topological polar surface area (TPSA) is 76.7 Å². The Morgan fingerprint density at radius 3 is 2.62 bits per heavy atom. The molecule has 6 heteroatoms. The average molecular weight is 394 g/mol. The third-order valence-corrected chi connectivity index (χ3v) is 4.43. The van der Waals surface area contributed by atoms with Crippen LogP contribution < -0.4 is 15.4 Å². The number of hydrogen-bond donors (Lipinski definition) is 2. The summed E-state index contributed by atoms with van der Waals surface area (Å²) in [6, 6.07) is 15.1. The van der Waals surface area contributed by atoms with E-state index in [1.54, 1.807) is 25.3 Å². The predicted molar refractivity (Wildman–Crippen MR) is 112 cm³/mol. The van der Waals surface area contributed by atoms with Crippen LogP contribution in [0.4, 0.5) is 0 Å². The zero-order valence-corrected chi connectivity index (χ0v) is 16.5. The van der Waals surface area contributed by atoms with E-state index in [1.165, 1.54) is 6.08 Å². The third-order valence-electron chi connectivity index (χ3n) is 4.43. The van der Waals surface area contributed by atoms with Gasteiger partial charge in [-0.2, -0.15) is 0 Å². The number of carbonyl (C=O) groups is 2. The first-order valence-corrected chi connectivity index (χ1v) is 9.71. The highest BCUT2D eigenvalue weighted by Gasteiger charge is 2.23. The lowest BCUT2D eigenvalue weighted by molar-refractivity contribution is -0.116. The quantitative estimate of drug-likeness (QED) is 0.480. The fourth-order valence-corrected chi connectivity index (χ4v) is 2.65. The van der Waals surface area contributed by atoms with Gasteiger partial charge in [0, 0.05) is 31.3 Å². The zero-order chi connectivity index (χ0) is 20.5. The fourth-order valence-electron chi connectivity index (χ4n) is 2.65. The van der Waals surface area contributed by atoms with Crippen LogP contribution in [0.1, 0.15) is 34.3 Å². The first-order valence-electron chi connectivity index (χ1n) is 9.71. The molecule has 1 fully saturated rings. The van der Waals surface area contributed by atoms with E-state index in [-0.39, 0.29) is 11.8 Å². The second-order valence-electron chi connectivity index (χ2n) is 6.91. The first-order chi connectivity index (χ1) is 14.1. The highest BCUT2D eigenvalue weighted by Crippen LogP contribution is 2.19. The van der Waals surface area contributed by atoms with E-state index in [4.69, 9.17) is 9.47 Å². The molecule has 2 aromatic carbocycles. The van der Waals surface area contributed by atoms with Gasteiger partial charge in [0.15, 0.2) is 0 Å². The molecule has 0 heterocycles. The van der Waals surface area contributed by atoms with Gasteiger partial charge in [0.1, 0.15) is 12.4 Å². The van der Waals surface area contributed by atoms with Crippen LogP contribution in [0, 0.1) is 0 Å². The Labute approximate surface area is 170 Å². The number of nitrogens with one attached hydrogen (secondary N) is 2. The van der Waals surface area contributed by atoms with Crippen molar-refractivity contribution in [1.29, 1.82) is 0 Å². The monoisotopic (exact) mass is 394 g/mol. The molecular weight excluding hydrogens is 368 g/mol. The van der Waals surface area contributed by atoms with Crippen LogP contribution in [0.3, 0.4) is 0 Å². The van der Waals surface area contributed by atoms with Gasteiger partial charge < -0.3 is 20.1 Å². The van der Waals surface area contributed by atoms with Crippen molar-refractivity contribution in [3.05, 3.63) is 71.3 Å². The van der Waals surface area contributed by atoms with Crippen molar-refractivity contribution >= 4 is 17.9 Å². The van der Waals surface area contributed by atoms with Crippen LogP contribution in [-0.2, 0) is 16.1 Å². The third kappa shape index (κ3) is 7.08. The van der Waals surface area contributed by atoms with Gasteiger partial charge >= 0.3 is 0 Å². The van der Waals surface area contributed by atoms with Crippen molar-refractivity contribution in [2.24, 2.45) is 0 Å².